The predicted molar refractivity (Wildman–Crippen MR) is 102 cm³/mol. The van der Waals surface area contributed by atoms with Gasteiger partial charge in [-0.1, -0.05) is 43.2 Å². The maximum Gasteiger partial charge on any atom is 0.325 e. The number of carbonyl (C=O) groups is 3. The zero-order valence-electron chi connectivity index (χ0n) is 16.1. The van der Waals surface area contributed by atoms with Crippen molar-refractivity contribution >= 4 is 17.9 Å². The molecule has 2 fully saturated rings. The molecule has 8 nitrogen and oxygen atoms in total. The van der Waals surface area contributed by atoms with Crippen molar-refractivity contribution in [2.45, 2.75) is 50.7 Å². The molecular weight excluding hydrogens is 374 g/mol. The van der Waals surface area contributed by atoms with Gasteiger partial charge in [0, 0.05) is 18.5 Å². The summed E-state index contributed by atoms with van der Waals surface area (Å²) in [5.74, 6) is 0.333. The fraction of sp³-hybridized carbons (Fsp3) is 0.429. The molecule has 152 valence electrons. The minimum atomic E-state index is -0.709. The van der Waals surface area contributed by atoms with Gasteiger partial charge in [-0.15, -0.1) is 0 Å². The second kappa shape index (κ2) is 8.06. The molecule has 3 amide bonds. The molecule has 1 aromatic carbocycles. The van der Waals surface area contributed by atoms with E-state index < -0.39 is 11.5 Å². The monoisotopic (exact) mass is 397 g/mol. The fourth-order valence-corrected chi connectivity index (χ4v) is 3.91. The van der Waals surface area contributed by atoms with Gasteiger partial charge < -0.3 is 14.5 Å². The van der Waals surface area contributed by atoms with Crippen molar-refractivity contribution < 1.29 is 23.5 Å². The molecule has 1 N–H and O–H groups in total. The van der Waals surface area contributed by atoms with E-state index in [1.165, 1.54) is 4.90 Å². The summed E-state index contributed by atoms with van der Waals surface area (Å²) in [6.07, 6.45) is 5.33. The molecule has 1 aliphatic carbocycles. The number of imide groups is 1. The zero-order chi connectivity index (χ0) is 20.3. The molecule has 0 atom stereocenters. The van der Waals surface area contributed by atoms with Gasteiger partial charge in [-0.25, -0.2) is 9.78 Å². The average Bonchev–Trinajstić information content (AvgIpc) is 3.44. The Bertz CT molecular complexity index is 902. The van der Waals surface area contributed by atoms with Gasteiger partial charge >= 0.3 is 12.0 Å². The van der Waals surface area contributed by atoms with Gasteiger partial charge in [-0.05, 0) is 19.3 Å². The Hall–Kier alpha value is -3.16. The Kier molecular flexibility index (Phi) is 5.33. The molecule has 4 rings (SSSR count). The van der Waals surface area contributed by atoms with Crippen molar-refractivity contribution in [1.29, 1.82) is 0 Å². The molecule has 2 heterocycles. The van der Waals surface area contributed by atoms with E-state index in [0.29, 0.717) is 30.9 Å². The molecule has 0 unspecified atom stereocenters. The number of oxazole rings is 1. The number of amides is 3. The summed E-state index contributed by atoms with van der Waals surface area (Å²) in [5, 5.41) is 2.83. The van der Waals surface area contributed by atoms with Crippen molar-refractivity contribution in [2.24, 2.45) is 0 Å². The number of ether oxygens (including phenoxy) is 1. The van der Waals surface area contributed by atoms with Crippen LogP contribution in [0.5, 0.6) is 0 Å². The average molecular weight is 397 g/mol. The standard InChI is InChI=1S/C21H23N3O5/c25-18(28-14-17-22-13-16(29-17)15-7-2-1-3-8-15)9-6-12-24-19(26)21(23-20(24)27)10-4-5-11-21/h1-3,7-8,13H,4-6,9-12,14H2,(H,23,27). The number of carbonyl (C=O) groups excluding carboxylic acids is 3. The second-order valence-corrected chi connectivity index (χ2v) is 7.42. The van der Waals surface area contributed by atoms with E-state index in [9.17, 15) is 14.4 Å². The molecule has 8 heteroatoms. The maximum absolute atomic E-state index is 12.6. The van der Waals surface area contributed by atoms with Crippen LogP contribution >= 0.6 is 0 Å². The maximum atomic E-state index is 12.6. The highest BCUT2D eigenvalue weighted by atomic mass is 16.5. The van der Waals surface area contributed by atoms with Crippen LogP contribution in [0, 0.1) is 0 Å². The van der Waals surface area contributed by atoms with Crippen molar-refractivity contribution in [3.05, 3.63) is 42.4 Å². The van der Waals surface area contributed by atoms with Crippen LogP contribution < -0.4 is 5.32 Å². The third-order valence-corrected chi connectivity index (χ3v) is 5.43. The van der Waals surface area contributed by atoms with Crippen LogP contribution in [0.4, 0.5) is 4.79 Å². The summed E-state index contributed by atoms with van der Waals surface area (Å²) in [4.78, 5) is 42.0. The first-order valence-corrected chi connectivity index (χ1v) is 9.87. The van der Waals surface area contributed by atoms with E-state index in [1.54, 1.807) is 6.20 Å². The van der Waals surface area contributed by atoms with Gasteiger partial charge in [-0.2, -0.15) is 0 Å². The highest BCUT2D eigenvalue weighted by molar-refractivity contribution is 6.07. The topological polar surface area (TPSA) is 102 Å². The van der Waals surface area contributed by atoms with Gasteiger partial charge in [-0.3, -0.25) is 14.5 Å². The van der Waals surface area contributed by atoms with Gasteiger partial charge in [0.15, 0.2) is 12.4 Å². The molecule has 1 aliphatic heterocycles. The minimum Gasteiger partial charge on any atom is -0.456 e. The van der Waals surface area contributed by atoms with E-state index in [1.807, 2.05) is 30.3 Å². The van der Waals surface area contributed by atoms with Crippen molar-refractivity contribution in [3.63, 3.8) is 0 Å². The van der Waals surface area contributed by atoms with Crippen LogP contribution in [0.1, 0.15) is 44.4 Å². The summed E-state index contributed by atoms with van der Waals surface area (Å²) in [6.45, 7) is 0.149. The number of urea groups is 1. The minimum absolute atomic E-state index is 0.0576. The third kappa shape index (κ3) is 4.01. The molecule has 1 spiro atoms. The zero-order valence-corrected chi connectivity index (χ0v) is 16.1. The Morgan fingerprint density at radius 3 is 2.72 bits per heavy atom. The molecule has 2 aliphatic rings. The Balaban J connectivity index is 1.21. The van der Waals surface area contributed by atoms with E-state index >= 15 is 0 Å². The summed E-state index contributed by atoms with van der Waals surface area (Å²) in [6, 6.07) is 9.16. The lowest BCUT2D eigenvalue weighted by atomic mass is 9.98. The molecule has 2 aromatic rings. The van der Waals surface area contributed by atoms with Crippen molar-refractivity contribution in [2.75, 3.05) is 6.54 Å². The quantitative estimate of drug-likeness (QED) is 0.569. The number of benzene rings is 1. The largest absolute Gasteiger partial charge is 0.456 e. The van der Waals surface area contributed by atoms with Crippen LogP contribution in [-0.4, -0.2) is 39.9 Å². The number of hydrogen-bond donors (Lipinski definition) is 1. The van der Waals surface area contributed by atoms with Crippen LogP contribution in [0.3, 0.4) is 0 Å². The lowest BCUT2D eigenvalue weighted by molar-refractivity contribution is -0.146. The number of esters is 1. The molecular formula is C21H23N3O5. The van der Waals surface area contributed by atoms with Crippen LogP contribution in [0.15, 0.2) is 40.9 Å². The summed E-state index contributed by atoms with van der Waals surface area (Å²) < 4.78 is 10.8. The van der Waals surface area contributed by atoms with Crippen LogP contribution in [0.2, 0.25) is 0 Å². The third-order valence-electron chi connectivity index (χ3n) is 5.43. The van der Waals surface area contributed by atoms with E-state index in [2.05, 4.69) is 10.3 Å². The number of nitrogens with one attached hydrogen (secondary N) is 1. The predicted octanol–water partition coefficient (Wildman–Crippen LogP) is 3.03. The van der Waals surface area contributed by atoms with Crippen molar-refractivity contribution in [1.82, 2.24) is 15.2 Å². The first-order chi connectivity index (χ1) is 14.1. The Labute approximate surface area is 168 Å². The van der Waals surface area contributed by atoms with Gasteiger partial charge in [0.05, 0.1) is 6.20 Å². The molecule has 1 saturated carbocycles. The molecule has 1 saturated heterocycles. The van der Waals surface area contributed by atoms with E-state index in [-0.39, 0.29) is 31.5 Å². The summed E-state index contributed by atoms with van der Waals surface area (Å²) >= 11 is 0. The normalized spacial score (nSPS) is 17.7. The van der Waals surface area contributed by atoms with E-state index in [0.717, 1.165) is 18.4 Å². The van der Waals surface area contributed by atoms with Crippen LogP contribution in [0.25, 0.3) is 11.3 Å². The van der Waals surface area contributed by atoms with Crippen molar-refractivity contribution in [3.8, 4) is 11.3 Å². The first-order valence-electron chi connectivity index (χ1n) is 9.87. The smallest absolute Gasteiger partial charge is 0.325 e. The van der Waals surface area contributed by atoms with Gasteiger partial charge in [0.2, 0.25) is 5.89 Å². The SMILES string of the molecule is O=C(CCCN1C(=O)NC2(CCCC2)C1=O)OCc1ncc(-c2ccccc2)o1. The number of nitrogens with zero attached hydrogens (tertiary/aromatic N) is 2. The Morgan fingerprint density at radius 2 is 1.97 bits per heavy atom. The molecule has 0 radical (unpaired) electrons. The lowest BCUT2D eigenvalue weighted by Crippen LogP contribution is -2.44. The Morgan fingerprint density at radius 1 is 1.21 bits per heavy atom. The molecule has 29 heavy (non-hydrogen) atoms. The molecule has 0 bridgehead atoms. The van der Waals surface area contributed by atoms with Crippen LogP contribution in [-0.2, 0) is 20.9 Å². The fourth-order valence-electron chi connectivity index (χ4n) is 3.91. The molecule has 1 aromatic heterocycles. The van der Waals surface area contributed by atoms with Gasteiger partial charge in [0.1, 0.15) is 5.54 Å². The number of hydrogen-bond acceptors (Lipinski definition) is 6. The summed E-state index contributed by atoms with van der Waals surface area (Å²) in [5.41, 5.74) is 0.185. The highest BCUT2D eigenvalue weighted by Gasteiger charge is 2.52. The van der Waals surface area contributed by atoms with E-state index in [4.69, 9.17) is 9.15 Å². The lowest BCUT2D eigenvalue weighted by Gasteiger charge is -2.19. The number of aromatic nitrogens is 1. The first kappa shape index (κ1) is 19.2. The second-order valence-electron chi connectivity index (χ2n) is 7.42. The van der Waals surface area contributed by atoms with Gasteiger partial charge in [0.25, 0.3) is 5.91 Å². The summed E-state index contributed by atoms with van der Waals surface area (Å²) in [7, 11) is 0. The number of rotatable bonds is 7. The highest BCUT2D eigenvalue weighted by Crippen LogP contribution is 2.35.